The lowest BCUT2D eigenvalue weighted by Gasteiger charge is -2.03. The van der Waals surface area contributed by atoms with Crippen molar-refractivity contribution in [2.75, 3.05) is 0 Å². The smallest absolute Gasteiger partial charge is 0.122 e. The molecule has 0 saturated heterocycles. The third-order valence-corrected chi connectivity index (χ3v) is 4.29. The van der Waals surface area contributed by atoms with Gasteiger partial charge >= 0.3 is 0 Å². The maximum absolute atomic E-state index is 5.98. The standard InChI is InChI=1S/C15H10Cl2OS/c16-11-3-5-13(6-4-11)18-9-14-7-10-1-2-12(17)8-15(10)19-14/h1-8H,9H2. The fourth-order valence-corrected chi connectivity index (χ4v) is 3.20. The summed E-state index contributed by atoms with van der Waals surface area (Å²) in [7, 11) is 0. The maximum atomic E-state index is 5.98. The van der Waals surface area contributed by atoms with Crippen molar-refractivity contribution in [3.8, 4) is 5.75 Å². The molecular weight excluding hydrogens is 299 g/mol. The first-order chi connectivity index (χ1) is 9.20. The summed E-state index contributed by atoms with van der Waals surface area (Å²) in [6.07, 6.45) is 0. The largest absolute Gasteiger partial charge is 0.488 e. The van der Waals surface area contributed by atoms with E-state index in [2.05, 4.69) is 6.07 Å². The number of halogens is 2. The van der Waals surface area contributed by atoms with Crippen LogP contribution < -0.4 is 4.74 Å². The number of fused-ring (bicyclic) bond motifs is 1. The van der Waals surface area contributed by atoms with E-state index in [9.17, 15) is 0 Å². The van der Waals surface area contributed by atoms with E-state index in [-0.39, 0.29) is 0 Å². The number of ether oxygens (including phenoxy) is 1. The van der Waals surface area contributed by atoms with Gasteiger partial charge in [0.15, 0.2) is 0 Å². The fraction of sp³-hybridized carbons (Fsp3) is 0.0667. The Morgan fingerprint density at radius 2 is 1.63 bits per heavy atom. The van der Waals surface area contributed by atoms with E-state index < -0.39 is 0 Å². The van der Waals surface area contributed by atoms with Gasteiger partial charge in [-0.2, -0.15) is 0 Å². The Hall–Kier alpha value is -1.22. The molecule has 1 nitrogen and oxygen atoms in total. The van der Waals surface area contributed by atoms with Crippen LogP contribution in [0.25, 0.3) is 10.1 Å². The summed E-state index contributed by atoms with van der Waals surface area (Å²) in [6.45, 7) is 0.554. The van der Waals surface area contributed by atoms with E-state index in [1.807, 2.05) is 42.5 Å². The minimum atomic E-state index is 0.554. The molecule has 1 heterocycles. The SMILES string of the molecule is Clc1ccc(OCc2cc3ccc(Cl)cc3s2)cc1. The molecule has 0 unspecified atom stereocenters. The Morgan fingerprint density at radius 3 is 2.42 bits per heavy atom. The second kappa shape index (κ2) is 5.41. The van der Waals surface area contributed by atoms with Gasteiger partial charge in [-0.1, -0.05) is 29.3 Å². The molecule has 0 saturated carbocycles. The van der Waals surface area contributed by atoms with Crippen molar-refractivity contribution in [3.63, 3.8) is 0 Å². The first-order valence-electron chi connectivity index (χ1n) is 5.77. The Labute approximate surface area is 125 Å². The molecule has 4 heteroatoms. The molecule has 0 aliphatic rings. The summed E-state index contributed by atoms with van der Waals surface area (Å²) in [6, 6.07) is 15.4. The average Bonchev–Trinajstić information content (AvgIpc) is 2.80. The third kappa shape index (κ3) is 3.03. The van der Waals surface area contributed by atoms with Gasteiger partial charge in [0.05, 0.1) is 0 Å². The topological polar surface area (TPSA) is 9.23 Å². The summed E-state index contributed by atoms with van der Waals surface area (Å²) in [5.74, 6) is 0.819. The van der Waals surface area contributed by atoms with E-state index in [4.69, 9.17) is 27.9 Å². The molecule has 3 aromatic rings. The van der Waals surface area contributed by atoms with Crippen LogP contribution in [0.2, 0.25) is 10.0 Å². The number of hydrogen-bond donors (Lipinski definition) is 0. The Bertz CT molecular complexity index is 704. The van der Waals surface area contributed by atoms with Crippen LogP contribution in [0, 0.1) is 0 Å². The van der Waals surface area contributed by atoms with E-state index >= 15 is 0 Å². The predicted octanol–water partition coefficient (Wildman–Crippen LogP) is 5.79. The molecule has 0 aliphatic heterocycles. The lowest BCUT2D eigenvalue weighted by Crippen LogP contribution is -1.91. The zero-order valence-corrected chi connectivity index (χ0v) is 12.2. The van der Waals surface area contributed by atoms with Crippen LogP contribution in [-0.2, 0) is 6.61 Å². The summed E-state index contributed by atoms with van der Waals surface area (Å²) in [5.41, 5.74) is 0. The molecule has 0 spiro atoms. The molecule has 96 valence electrons. The molecule has 0 radical (unpaired) electrons. The van der Waals surface area contributed by atoms with Crippen LogP contribution in [0.3, 0.4) is 0 Å². The van der Waals surface area contributed by atoms with Gasteiger partial charge in [0.1, 0.15) is 12.4 Å². The van der Waals surface area contributed by atoms with Gasteiger partial charge in [-0.15, -0.1) is 11.3 Å². The minimum absolute atomic E-state index is 0.554. The molecule has 0 N–H and O–H groups in total. The van der Waals surface area contributed by atoms with E-state index in [1.54, 1.807) is 11.3 Å². The van der Waals surface area contributed by atoms with Gasteiger partial charge in [0.2, 0.25) is 0 Å². The highest BCUT2D eigenvalue weighted by atomic mass is 35.5. The molecule has 0 amide bonds. The normalized spacial score (nSPS) is 10.8. The molecule has 3 rings (SSSR count). The first-order valence-corrected chi connectivity index (χ1v) is 7.34. The predicted molar refractivity (Wildman–Crippen MR) is 82.6 cm³/mol. The summed E-state index contributed by atoms with van der Waals surface area (Å²) >= 11 is 13.5. The second-order valence-electron chi connectivity index (χ2n) is 4.14. The molecule has 0 aliphatic carbocycles. The highest BCUT2D eigenvalue weighted by molar-refractivity contribution is 7.19. The van der Waals surface area contributed by atoms with Crippen molar-refractivity contribution >= 4 is 44.6 Å². The number of rotatable bonds is 3. The highest BCUT2D eigenvalue weighted by Gasteiger charge is 2.03. The zero-order valence-electron chi connectivity index (χ0n) is 9.90. The monoisotopic (exact) mass is 308 g/mol. The summed E-state index contributed by atoms with van der Waals surface area (Å²) in [5, 5.41) is 2.67. The van der Waals surface area contributed by atoms with Crippen molar-refractivity contribution in [2.24, 2.45) is 0 Å². The summed E-state index contributed by atoms with van der Waals surface area (Å²) < 4.78 is 6.91. The summed E-state index contributed by atoms with van der Waals surface area (Å²) in [4.78, 5) is 1.17. The molecule has 2 aromatic carbocycles. The van der Waals surface area contributed by atoms with Crippen molar-refractivity contribution in [1.82, 2.24) is 0 Å². The zero-order chi connectivity index (χ0) is 13.2. The van der Waals surface area contributed by atoms with Crippen LogP contribution in [0.4, 0.5) is 0 Å². The van der Waals surface area contributed by atoms with Crippen molar-refractivity contribution in [2.45, 2.75) is 6.61 Å². The lowest BCUT2D eigenvalue weighted by atomic mass is 10.2. The molecular formula is C15H10Cl2OS. The van der Waals surface area contributed by atoms with E-state index in [0.717, 1.165) is 10.8 Å². The fourth-order valence-electron chi connectivity index (χ4n) is 1.82. The Balaban J connectivity index is 1.76. The van der Waals surface area contributed by atoms with Crippen LogP contribution in [0.15, 0.2) is 48.5 Å². The van der Waals surface area contributed by atoms with E-state index in [1.165, 1.54) is 15.0 Å². The van der Waals surface area contributed by atoms with Gasteiger partial charge in [0, 0.05) is 19.6 Å². The highest BCUT2D eigenvalue weighted by Crippen LogP contribution is 2.29. The molecule has 0 bridgehead atoms. The van der Waals surface area contributed by atoms with Crippen LogP contribution >= 0.6 is 34.5 Å². The molecule has 19 heavy (non-hydrogen) atoms. The maximum Gasteiger partial charge on any atom is 0.122 e. The van der Waals surface area contributed by atoms with Gasteiger partial charge in [-0.3, -0.25) is 0 Å². The van der Waals surface area contributed by atoms with Crippen LogP contribution in [0.1, 0.15) is 4.88 Å². The molecule has 1 aromatic heterocycles. The quantitative estimate of drug-likeness (QED) is 0.595. The number of benzene rings is 2. The van der Waals surface area contributed by atoms with Gasteiger partial charge in [-0.25, -0.2) is 0 Å². The minimum Gasteiger partial charge on any atom is -0.488 e. The number of thiophene rings is 1. The third-order valence-electron chi connectivity index (χ3n) is 2.73. The van der Waals surface area contributed by atoms with Crippen molar-refractivity contribution < 1.29 is 4.74 Å². The number of hydrogen-bond acceptors (Lipinski definition) is 2. The first kappa shape index (κ1) is 12.8. The second-order valence-corrected chi connectivity index (χ2v) is 6.18. The average molecular weight is 309 g/mol. The Morgan fingerprint density at radius 1 is 0.895 bits per heavy atom. The van der Waals surface area contributed by atoms with Crippen molar-refractivity contribution in [1.29, 1.82) is 0 Å². The van der Waals surface area contributed by atoms with Gasteiger partial charge in [0.25, 0.3) is 0 Å². The van der Waals surface area contributed by atoms with Gasteiger partial charge < -0.3 is 4.74 Å². The van der Waals surface area contributed by atoms with Gasteiger partial charge in [-0.05, 0) is 47.9 Å². The Kier molecular flexibility index (Phi) is 3.65. The molecule has 0 fully saturated rings. The van der Waals surface area contributed by atoms with Crippen LogP contribution in [-0.4, -0.2) is 0 Å². The van der Waals surface area contributed by atoms with E-state index in [0.29, 0.717) is 11.6 Å². The lowest BCUT2D eigenvalue weighted by molar-refractivity contribution is 0.310. The van der Waals surface area contributed by atoms with Crippen molar-refractivity contribution in [3.05, 3.63) is 63.5 Å². The molecule has 0 atom stereocenters. The van der Waals surface area contributed by atoms with Crippen LogP contribution in [0.5, 0.6) is 5.75 Å².